The molecule has 3 saturated carbocycles. The van der Waals surface area contributed by atoms with Gasteiger partial charge in [-0.3, -0.25) is 4.79 Å². The zero-order chi connectivity index (χ0) is 24.0. The van der Waals surface area contributed by atoms with Gasteiger partial charge in [-0.1, -0.05) is 33.8 Å². The van der Waals surface area contributed by atoms with Gasteiger partial charge in [-0.05, 0) is 90.9 Å². The van der Waals surface area contributed by atoms with Crippen LogP contribution >= 0.6 is 0 Å². The number of ether oxygens (including phenoxy) is 3. The Morgan fingerprint density at radius 2 is 1.91 bits per heavy atom. The summed E-state index contributed by atoms with van der Waals surface area (Å²) in [7, 11) is 0. The van der Waals surface area contributed by atoms with Crippen molar-refractivity contribution in [3.05, 3.63) is 11.6 Å². The Labute approximate surface area is 205 Å². The summed E-state index contributed by atoms with van der Waals surface area (Å²) in [6, 6.07) is 0. The Bertz CT molecular complexity index is 874. The van der Waals surface area contributed by atoms with E-state index in [4.69, 9.17) is 14.2 Å². The van der Waals surface area contributed by atoms with Crippen molar-refractivity contribution in [3.8, 4) is 0 Å². The minimum atomic E-state index is -0.580. The lowest BCUT2D eigenvalue weighted by Crippen LogP contribution is -2.55. The predicted molar refractivity (Wildman–Crippen MR) is 129 cm³/mol. The van der Waals surface area contributed by atoms with Crippen LogP contribution in [0.1, 0.15) is 86.0 Å². The number of carbonyl (C=O) groups is 1. The van der Waals surface area contributed by atoms with Crippen molar-refractivity contribution < 1.29 is 24.1 Å². The molecule has 0 unspecified atom stereocenters. The lowest BCUT2D eigenvalue weighted by atomic mass is 9.46. The minimum Gasteiger partial charge on any atom is -0.455 e. The van der Waals surface area contributed by atoms with Gasteiger partial charge in [0.1, 0.15) is 6.10 Å². The highest BCUT2D eigenvalue weighted by Crippen LogP contribution is 2.70. The molecule has 4 aliphatic carbocycles. The van der Waals surface area contributed by atoms with Gasteiger partial charge in [-0.2, -0.15) is 0 Å². The fourth-order valence-corrected chi connectivity index (χ4v) is 10.0. The lowest BCUT2D eigenvalue weighted by Gasteiger charge is -2.59. The highest BCUT2D eigenvalue weighted by molar-refractivity contribution is 5.66. The van der Waals surface area contributed by atoms with Crippen LogP contribution in [0.5, 0.6) is 0 Å². The molecule has 34 heavy (non-hydrogen) atoms. The smallest absolute Gasteiger partial charge is 0.303 e. The van der Waals surface area contributed by atoms with E-state index in [0.29, 0.717) is 53.4 Å². The first-order chi connectivity index (χ1) is 16.1. The maximum absolute atomic E-state index is 11.8. The number of aliphatic hydroxyl groups is 1. The first-order valence-electron chi connectivity index (χ1n) is 14.0. The zero-order valence-corrected chi connectivity index (χ0v) is 21.7. The number of carbonyl (C=O) groups excluding carboxylic acids is 1. The third kappa shape index (κ3) is 3.11. The number of hydrogen-bond donors (Lipinski definition) is 1. The Morgan fingerprint density at radius 1 is 1.12 bits per heavy atom. The Hall–Kier alpha value is -0.910. The summed E-state index contributed by atoms with van der Waals surface area (Å²) < 4.78 is 19.0. The number of hydrogen-bond acceptors (Lipinski definition) is 5. The van der Waals surface area contributed by atoms with Crippen LogP contribution in [0.3, 0.4) is 0 Å². The molecule has 5 heteroatoms. The van der Waals surface area contributed by atoms with E-state index in [0.717, 1.165) is 32.3 Å². The molecule has 6 aliphatic rings. The molecule has 6 rings (SSSR count). The van der Waals surface area contributed by atoms with Crippen LogP contribution in [0.4, 0.5) is 0 Å². The summed E-state index contributed by atoms with van der Waals surface area (Å²) >= 11 is 0. The quantitative estimate of drug-likeness (QED) is 0.417. The number of fused-ring (bicyclic) bond motifs is 7. The first kappa shape index (κ1) is 23.5. The molecule has 0 aromatic heterocycles. The van der Waals surface area contributed by atoms with E-state index >= 15 is 0 Å². The van der Waals surface area contributed by atoms with Gasteiger partial charge < -0.3 is 19.3 Å². The van der Waals surface area contributed by atoms with Crippen LogP contribution in [-0.4, -0.2) is 41.8 Å². The van der Waals surface area contributed by atoms with Crippen LogP contribution in [0.2, 0.25) is 0 Å². The molecular formula is C29H44O5. The molecule has 190 valence electrons. The molecule has 2 heterocycles. The Morgan fingerprint density at radius 3 is 2.62 bits per heavy atom. The van der Waals surface area contributed by atoms with Gasteiger partial charge in [0.25, 0.3) is 0 Å². The van der Waals surface area contributed by atoms with Crippen LogP contribution in [0, 0.1) is 46.3 Å². The summed E-state index contributed by atoms with van der Waals surface area (Å²) in [5.41, 5.74) is 1.50. The standard InChI is InChI=1S/C29H44O5/c1-16-8-13-29(32-15-16)17(2)25-24(34-29)14-22-19-6-7-21-26(33-18(3)30)23(31)10-12-27(21,4)20(19)9-11-28(22,25)5/h7,16-17,19-20,22-26,31H,6,8-15H2,1-5H3/t16-,17+,19-,20+,22+,23+,24+,25+,26-,27-,28+,29+/m1/s1. The van der Waals surface area contributed by atoms with Crippen LogP contribution in [0.15, 0.2) is 11.6 Å². The molecule has 5 fully saturated rings. The average Bonchev–Trinajstić information content (AvgIpc) is 3.23. The van der Waals surface area contributed by atoms with Crippen molar-refractivity contribution in [1.82, 2.24) is 0 Å². The molecule has 0 aromatic carbocycles. The molecule has 0 amide bonds. The second-order valence-electron chi connectivity index (χ2n) is 13.3. The van der Waals surface area contributed by atoms with Gasteiger partial charge in [0.15, 0.2) is 5.79 Å². The number of allylic oxidation sites excluding steroid dienone is 1. The molecule has 2 aliphatic heterocycles. The minimum absolute atomic E-state index is 0.0115. The number of rotatable bonds is 1. The van der Waals surface area contributed by atoms with Gasteiger partial charge in [-0.15, -0.1) is 0 Å². The van der Waals surface area contributed by atoms with Crippen molar-refractivity contribution in [2.24, 2.45) is 46.3 Å². The largest absolute Gasteiger partial charge is 0.455 e. The van der Waals surface area contributed by atoms with Crippen molar-refractivity contribution in [3.63, 3.8) is 0 Å². The molecule has 0 radical (unpaired) electrons. The van der Waals surface area contributed by atoms with Crippen LogP contribution < -0.4 is 0 Å². The Balaban J connectivity index is 1.28. The predicted octanol–water partition coefficient (Wildman–Crippen LogP) is 5.26. The fourth-order valence-electron chi connectivity index (χ4n) is 10.0. The normalized spacial score (nSPS) is 56.2. The summed E-state index contributed by atoms with van der Waals surface area (Å²) in [5.74, 6) is 2.90. The van der Waals surface area contributed by atoms with E-state index in [2.05, 4.69) is 33.8 Å². The maximum Gasteiger partial charge on any atom is 0.303 e. The molecule has 2 saturated heterocycles. The molecule has 12 atom stereocenters. The van der Waals surface area contributed by atoms with Crippen molar-refractivity contribution in [1.29, 1.82) is 0 Å². The summed E-state index contributed by atoms with van der Waals surface area (Å²) in [6.07, 6.45) is 10.2. The highest BCUT2D eigenvalue weighted by Gasteiger charge is 2.69. The second-order valence-corrected chi connectivity index (χ2v) is 13.3. The van der Waals surface area contributed by atoms with E-state index < -0.39 is 12.2 Å². The van der Waals surface area contributed by atoms with Gasteiger partial charge >= 0.3 is 5.97 Å². The van der Waals surface area contributed by atoms with Gasteiger partial charge in [0.2, 0.25) is 0 Å². The average molecular weight is 473 g/mol. The van der Waals surface area contributed by atoms with E-state index in [1.807, 2.05) is 0 Å². The maximum atomic E-state index is 11.8. The van der Waals surface area contributed by atoms with E-state index in [1.165, 1.54) is 31.8 Å². The number of esters is 1. The molecule has 0 bridgehead atoms. The number of aliphatic hydroxyl groups excluding tert-OH is 1. The second kappa shape index (κ2) is 7.79. The van der Waals surface area contributed by atoms with Crippen LogP contribution in [0.25, 0.3) is 0 Å². The van der Waals surface area contributed by atoms with E-state index in [1.54, 1.807) is 0 Å². The van der Waals surface area contributed by atoms with Gasteiger partial charge in [-0.25, -0.2) is 0 Å². The van der Waals surface area contributed by atoms with Crippen molar-refractivity contribution in [2.75, 3.05) is 6.61 Å². The molecular weight excluding hydrogens is 428 g/mol. The molecule has 0 aromatic rings. The molecule has 1 spiro atoms. The van der Waals surface area contributed by atoms with Crippen LogP contribution in [-0.2, 0) is 19.0 Å². The van der Waals surface area contributed by atoms with Gasteiger partial charge in [0.05, 0.1) is 18.8 Å². The third-order valence-electron chi connectivity index (χ3n) is 11.7. The summed E-state index contributed by atoms with van der Waals surface area (Å²) in [5, 5.41) is 10.7. The zero-order valence-electron chi connectivity index (χ0n) is 21.7. The summed E-state index contributed by atoms with van der Waals surface area (Å²) in [4.78, 5) is 11.8. The van der Waals surface area contributed by atoms with Crippen molar-refractivity contribution in [2.45, 2.75) is 110 Å². The SMILES string of the molecule is CC(=O)O[C@@H]1C2=CC[C@H]3[C@@H]4C[C@@H]5O[C@@]6(CC[C@@H](C)CO6)[C@@H](C)[C@@H]5[C@@]4(C)CC[C@@H]3[C@@]2(C)CC[C@@H]1O. The Kier molecular flexibility index (Phi) is 5.38. The lowest BCUT2D eigenvalue weighted by molar-refractivity contribution is -0.272. The third-order valence-corrected chi connectivity index (χ3v) is 11.7. The summed E-state index contributed by atoms with van der Waals surface area (Å²) in [6.45, 7) is 11.9. The van der Waals surface area contributed by atoms with E-state index in [9.17, 15) is 9.90 Å². The molecule has 1 N–H and O–H groups in total. The monoisotopic (exact) mass is 472 g/mol. The highest BCUT2D eigenvalue weighted by atomic mass is 16.7. The topological polar surface area (TPSA) is 65.0 Å². The van der Waals surface area contributed by atoms with E-state index in [-0.39, 0.29) is 17.2 Å². The van der Waals surface area contributed by atoms with Crippen molar-refractivity contribution >= 4 is 5.97 Å². The fraction of sp³-hybridized carbons (Fsp3) is 0.897. The first-order valence-corrected chi connectivity index (χ1v) is 14.0. The molecule has 5 nitrogen and oxygen atoms in total. The van der Waals surface area contributed by atoms with Gasteiger partial charge in [0, 0.05) is 19.3 Å².